The molecular formula is C17H12ClN3O3S2. The van der Waals surface area contributed by atoms with Crippen LogP contribution in [0.2, 0.25) is 4.34 Å². The summed E-state index contributed by atoms with van der Waals surface area (Å²) in [7, 11) is 0. The molecule has 1 aliphatic heterocycles. The minimum atomic E-state index is -0.319. The van der Waals surface area contributed by atoms with Crippen LogP contribution in [-0.2, 0) is 9.59 Å². The van der Waals surface area contributed by atoms with Gasteiger partial charge in [-0.1, -0.05) is 23.7 Å². The molecule has 6 nitrogen and oxygen atoms in total. The van der Waals surface area contributed by atoms with Crippen LogP contribution in [0.1, 0.15) is 0 Å². The summed E-state index contributed by atoms with van der Waals surface area (Å²) in [5.41, 5.74) is 1.35. The molecule has 1 N–H and O–H groups in total. The Morgan fingerprint density at radius 2 is 2.15 bits per heavy atom. The van der Waals surface area contributed by atoms with Crippen molar-refractivity contribution >= 4 is 56.9 Å². The molecule has 132 valence electrons. The summed E-state index contributed by atoms with van der Waals surface area (Å²) >= 11 is 8.69. The minimum Gasteiger partial charge on any atom is -0.482 e. The van der Waals surface area contributed by atoms with E-state index >= 15 is 0 Å². The molecule has 1 aliphatic rings. The maximum Gasteiger partial charge on any atom is 0.265 e. The summed E-state index contributed by atoms with van der Waals surface area (Å²) in [6.45, 7) is -0.177. The van der Waals surface area contributed by atoms with Gasteiger partial charge in [0, 0.05) is 5.38 Å². The number of fused-ring (bicyclic) bond motifs is 1. The van der Waals surface area contributed by atoms with E-state index < -0.39 is 0 Å². The van der Waals surface area contributed by atoms with E-state index in [2.05, 4.69) is 10.3 Å². The zero-order valence-corrected chi connectivity index (χ0v) is 15.7. The van der Waals surface area contributed by atoms with Crippen LogP contribution in [-0.4, -0.2) is 29.9 Å². The molecule has 1 aromatic carbocycles. The second kappa shape index (κ2) is 7.06. The van der Waals surface area contributed by atoms with Crippen molar-refractivity contribution in [3.8, 4) is 16.3 Å². The molecule has 0 saturated heterocycles. The number of thiazole rings is 1. The number of halogens is 1. The third kappa shape index (κ3) is 3.44. The van der Waals surface area contributed by atoms with E-state index in [4.69, 9.17) is 16.3 Å². The Hall–Kier alpha value is -2.42. The van der Waals surface area contributed by atoms with Crippen LogP contribution in [0.3, 0.4) is 0 Å². The van der Waals surface area contributed by atoms with E-state index in [1.807, 2.05) is 17.5 Å². The first-order chi connectivity index (χ1) is 12.6. The lowest BCUT2D eigenvalue weighted by Gasteiger charge is -2.28. The van der Waals surface area contributed by atoms with Crippen LogP contribution in [0, 0.1) is 0 Å². The number of para-hydroxylation sites is 2. The van der Waals surface area contributed by atoms with Crippen molar-refractivity contribution in [3.63, 3.8) is 0 Å². The molecule has 0 atom stereocenters. The molecule has 2 amide bonds. The molecular weight excluding hydrogens is 394 g/mol. The summed E-state index contributed by atoms with van der Waals surface area (Å²) < 4.78 is 6.06. The fraction of sp³-hybridized carbons (Fsp3) is 0.118. The lowest BCUT2D eigenvalue weighted by Crippen LogP contribution is -2.43. The normalized spacial score (nSPS) is 13.3. The second-order valence-electron chi connectivity index (χ2n) is 5.43. The number of rotatable bonds is 4. The van der Waals surface area contributed by atoms with Gasteiger partial charge in [-0.15, -0.1) is 22.7 Å². The number of nitrogens with zero attached hydrogens (tertiary/aromatic N) is 2. The first-order valence-corrected chi connectivity index (χ1v) is 9.71. The maximum atomic E-state index is 12.4. The molecule has 0 aliphatic carbocycles. The molecule has 26 heavy (non-hydrogen) atoms. The molecule has 3 aromatic rings. The van der Waals surface area contributed by atoms with Crippen LogP contribution in [0.15, 0.2) is 41.8 Å². The highest BCUT2D eigenvalue weighted by molar-refractivity contribution is 7.20. The van der Waals surface area contributed by atoms with Gasteiger partial charge in [-0.2, -0.15) is 0 Å². The van der Waals surface area contributed by atoms with Gasteiger partial charge < -0.3 is 10.1 Å². The van der Waals surface area contributed by atoms with Crippen LogP contribution >= 0.6 is 34.3 Å². The lowest BCUT2D eigenvalue weighted by atomic mass is 10.2. The van der Waals surface area contributed by atoms with Gasteiger partial charge in [-0.3, -0.25) is 14.5 Å². The smallest absolute Gasteiger partial charge is 0.265 e. The van der Waals surface area contributed by atoms with Gasteiger partial charge in [-0.05, 0) is 24.3 Å². The summed E-state index contributed by atoms with van der Waals surface area (Å²) in [6.07, 6.45) is 0. The predicted octanol–water partition coefficient (Wildman–Crippen LogP) is 3.89. The van der Waals surface area contributed by atoms with Crippen molar-refractivity contribution in [1.29, 1.82) is 0 Å². The quantitative estimate of drug-likeness (QED) is 0.714. The van der Waals surface area contributed by atoms with Crippen molar-refractivity contribution in [1.82, 2.24) is 4.98 Å². The van der Waals surface area contributed by atoms with Crippen LogP contribution in [0.5, 0.6) is 5.75 Å². The predicted molar refractivity (Wildman–Crippen MR) is 103 cm³/mol. The van der Waals surface area contributed by atoms with Gasteiger partial charge >= 0.3 is 0 Å². The van der Waals surface area contributed by atoms with Crippen LogP contribution < -0.4 is 15.0 Å². The highest BCUT2D eigenvalue weighted by atomic mass is 35.5. The van der Waals surface area contributed by atoms with E-state index in [0.717, 1.165) is 10.6 Å². The number of anilines is 2. The number of nitrogens with one attached hydrogen (secondary N) is 1. The highest BCUT2D eigenvalue weighted by Crippen LogP contribution is 2.33. The Kier molecular flexibility index (Phi) is 4.62. The van der Waals surface area contributed by atoms with E-state index in [1.165, 1.54) is 27.6 Å². The number of hydrogen-bond donors (Lipinski definition) is 1. The minimum absolute atomic E-state index is 0.0785. The fourth-order valence-corrected chi connectivity index (χ4v) is 4.33. The lowest BCUT2D eigenvalue weighted by molar-refractivity contribution is -0.123. The fourth-order valence-electron chi connectivity index (χ4n) is 2.53. The topological polar surface area (TPSA) is 71.5 Å². The molecule has 0 fully saturated rings. The molecule has 4 rings (SSSR count). The third-order valence-electron chi connectivity index (χ3n) is 3.69. The van der Waals surface area contributed by atoms with Crippen molar-refractivity contribution in [3.05, 3.63) is 46.1 Å². The van der Waals surface area contributed by atoms with E-state index in [-0.39, 0.29) is 25.0 Å². The molecule has 0 unspecified atom stereocenters. The largest absolute Gasteiger partial charge is 0.482 e. The molecule has 0 radical (unpaired) electrons. The number of amides is 2. The number of aromatic nitrogens is 1. The summed E-state index contributed by atoms with van der Waals surface area (Å²) in [4.78, 5) is 31.3. The Morgan fingerprint density at radius 3 is 2.96 bits per heavy atom. The number of carbonyl (C=O) groups is 2. The number of carbonyl (C=O) groups excluding carboxylic acids is 2. The van der Waals surface area contributed by atoms with Crippen molar-refractivity contribution in [2.24, 2.45) is 0 Å². The maximum absolute atomic E-state index is 12.4. The Balaban J connectivity index is 1.46. The van der Waals surface area contributed by atoms with E-state index in [1.54, 1.807) is 24.3 Å². The van der Waals surface area contributed by atoms with Crippen molar-refractivity contribution in [2.75, 3.05) is 23.4 Å². The number of benzene rings is 1. The molecule has 2 aromatic heterocycles. The average Bonchev–Trinajstić information content (AvgIpc) is 3.26. The summed E-state index contributed by atoms with van der Waals surface area (Å²) in [5.74, 6) is 0.0121. The molecule has 0 spiro atoms. The van der Waals surface area contributed by atoms with Crippen molar-refractivity contribution in [2.45, 2.75) is 0 Å². The first-order valence-electron chi connectivity index (χ1n) is 7.63. The zero-order chi connectivity index (χ0) is 18.1. The number of ether oxygens (including phenoxy) is 1. The van der Waals surface area contributed by atoms with Gasteiger partial charge in [-0.25, -0.2) is 4.98 Å². The molecule has 0 bridgehead atoms. The molecule has 0 saturated carbocycles. The Morgan fingerprint density at radius 1 is 1.31 bits per heavy atom. The van der Waals surface area contributed by atoms with Gasteiger partial charge in [0.2, 0.25) is 5.91 Å². The highest BCUT2D eigenvalue weighted by Gasteiger charge is 2.27. The first kappa shape index (κ1) is 17.0. The zero-order valence-electron chi connectivity index (χ0n) is 13.3. The second-order valence-corrected chi connectivity index (χ2v) is 8.00. The number of thiophene rings is 1. The van der Waals surface area contributed by atoms with Gasteiger partial charge in [0.05, 0.1) is 20.6 Å². The van der Waals surface area contributed by atoms with Gasteiger partial charge in [0.25, 0.3) is 5.91 Å². The van der Waals surface area contributed by atoms with Crippen molar-refractivity contribution < 1.29 is 14.3 Å². The van der Waals surface area contributed by atoms with Crippen LogP contribution in [0.4, 0.5) is 10.8 Å². The standard InChI is InChI=1S/C17H12ClN3O3S2/c18-14-6-5-13(26-14)10-9-25-17(19-10)20-15(22)7-21-11-3-1-2-4-12(11)24-8-16(21)23/h1-6,9H,7-8H2,(H,19,20,22). The van der Waals surface area contributed by atoms with Crippen LogP contribution in [0.25, 0.3) is 10.6 Å². The van der Waals surface area contributed by atoms with E-state index in [0.29, 0.717) is 20.9 Å². The number of hydrogen-bond acceptors (Lipinski definition) is 6. The Bertz CT molecular complexity index is 985. The van der Waals surface area contributed by atoms with Gasteiger partial charge in [0.1, 0.15) is 12.3 Å². The molecule has 9 heteroatoms. The molecule has 3 heterocycles. The van der Waals surface area contributed by atoms with Gasteiger partial charge in [0.15, 0.2) is 11.7 Å². The van der Waals surface area contributed by atoms with E-state index in [9.17, 15) is 9.59 Å². The summed E-state index contributed by atoms with van der Waals surface area (Å²) in [6, 6.07) is 10.8. The summed E-state index contributed by atoms with van der Waals surface area (Å²) in [5, 5.41) is 5.07. The monoisotopic (exact) mass is 405 g/mol. The Labute approximate surface area is 162 Å². The third-order valence-corrected chi connectivity index (χ3v) is 5.70. The average molecular weight is 406 g/mol. The SMILES string of the molecule is O=C(CN1C(=O)COc2ccccc21)Nc1nc(-c2ccc(Cl)s2)cs1.